The fourth-order valence-corrected chi connectivity index (χ4v) is 3.93. The number of amides is 1. The molecule has 1 aliphatic heterocycles. The molecule has 0 radical (unpaired) electrons. The van der Waals surface area contributed by atoms with Crippen molar-refractivity contribution in [2.24, 2.45) is 0 Å². The molecule has 2 aromatic rings. The maximum Gasteiger partial charge on any atom is 0.225 e. The Hall–Kier alpha value is -1.81. The van der Waals surface area contributed by atoms with E-state index in [1.807, 2.05) is 18.7 Å². The lowest BCUT2D eigenvalue weighted by molar-refractivity contribution is -0.141. The Morgan fingerprint density at radius 2 is 2.00 bits per heavy atom. The maximum atomic E-state index is 12.7. The van der Waals surface area contributed by atoms with Crippen LogP contribution in [0.15, 0.2) is 24.3 Å². The maximum absolute atomic E-state index is 12.7. The Morgan fingerprint density at radius 1 is 1.30 bits per heavy atom. The highest BCUT2D eigenvalue weighted by molar-refractivity contribution is 5.86. The molecule has 23 heavy (non-hydrogen) atoms. The summed E-state index contributed by atoms with van der Waals surface area (Å²) >= 11 is 0. The highest BCUT2D eigenvalue weighted by Gasteiger charge is 2.39. The predicted octanol–water partition coefficient (Wildman–Crippen LogP) is 3.45. The van der Waals surface area contributed by atoms with Crippen LogP contribution in [0.1, 0.15) is 38.4 Å². The van der Waals surface area contributed by atoms with Gasteiger partial charge in [0.25, 0.3) is 0 Å². The Kier molecular flexibility index (Phi) is 4.19. The minimum Gasteiger partial charge on any atom is -0.367 e. The molecule has 1 amide bonds. The SMILES string of the molecule is CCN(CC)C(=O)CC1(C)OCCn2c1c(C)c1ccccc12. The van der Waals surface area contributed by atoms with E-state index in [1.54, 1.807) is 0 Å². The zero-order valence-electron chi connectivity index (χ0n) is 14.6. The first-order valence-corrected chi connectivity index (χ1v) is 8.52. The standard InChI is InChI=1S/C19H26N2O2/c1-5-20(6-2)17(22)13-19(4)18-14(3)15-9-7-8-10-16(15)21(18)11-12-23-19/h7-10H,5-6,11-13H2,1-4H3. The molecule has 0 bridgehead atoms. The summed E-state index contributed by atoms with van der Waals surface area (Å²) in [5.41, 5.74) is 3.08. The summed E-state index contributed by atoms with van der Waals surface area (Å²) in [4.78, 5) is 14.5. The first-order chi connectivity index (χ1) is 11.0. The minimum absolute atomic E-state index is 0.163. The van der Waals surface area contributed by atoms with Crippen molar-refractivity contribution in [1.82, 2.24) is 9.47 Å². The van der Waals surface area contributed by atoms with Crippen molar-refractivity contribution < 1.29 is 9.53 Å². The number of nitrogens with zero attached hydrogens (tertiary/aromatic N) is 2. The summed E-state index contributed by atoms with van der Waals surface area (Å²) < 4.78 is 8.48. The summed E-state index contributed by atoms with van der Waals surface area (Å²) in [5, 5.41) is 1.26. The molecule has 2 heterocycles. The second-order valence-electron chi connectivity index (χ2n) is 6.46. The summed E-state index contributed by atoms with van der Waals surface area (Å²) in [6.07, 6.45) is 0.395. The molecule has 1 aromatic heterocycles. The van der Waals surface area contributed by atoms with Crippen molar-refractivity contribution in [3.8, 4) is 0 Å². The molecule has 1 unspecified atom stereocenters. The average Bonchev–Trinajstić information content (AvgIpc) is 2.83. The quantitative estimate of drug-likeness (QED) is 0.866. The smallest absolute Gasteiger partial charge is 0.225 e. The lowest BCUT2D eigenvalue weighted by atomic mass is 9.92. The summed E-state index contributed by atoms with van der Waals surface area (Å²) in [6.45, 7) is 11.2. The van der Waals surface area contributed by atoms with E-state index in [0.29, 0.717) is 13.0 Å². The van der Waals surface area contributed by atoms with Gasteiger partial charge < -0.3 is 14.2 Å². The van der Waals surface area contributed by atoms with Gasteiger partial charge in [0, 0.05) is 30.5 Å². The first kappa shape index (κ1) is 16.1. The molecule has 0 spiro atoms. The number of para-hydroxylation sites is 1. The van der Waals surface area contributed by atoms with Crippen LogP contribution in [-0.4, -0.2) is 35.1 Å². The second kappa shape index (κ2) is 6.00. The molecule has 0 fully saturated rings. The van der Waals surface area contributed by atoms with Crippen LogP contribution in [0, 0.1) is 6.92 Å². The zero-order valence-corrected chi connectivity index (χ0v) is 14.6. The van der Waals surface area contributed by atoms with E-state index in [-0.39, 0.29) is 5.91 Å². The summed E-state index contributed by atoms with van der Waals surface area (Å²) in [5.74, 6) is 0.163. The monoisotopic (exact) mass is 314 g/mol. The van der Waals surface area contributed by atoms with Crippen molar-refractivity contribution in [3.05, 3.63) is 35.5 Å². The van der Waals surface area contributed by atoms with Crippen LogP contribution in [0.2, 0.25) is 0 Å². The largest absolute Gasteiger partial charge is 0.367 e. The molecule has 1 aliphatic rings. The summed E-state index contributed by atoms with van der Waals surface area (Å²) in [7, 11) is 0. The van der Waals surface area contributed by atoms with Gasteiger partial charge in [-0.2, -0.15) is 0 Å². The predicted molar refractivity (Wildman–Crippen MR) is 92.5 cm³/mol. The molecule has 4 heteroatoms. The van der Waals surface area contributed by atoms with E-state index in [0.717, 1.165) is 25.3 Å². The fourth-order valence-electron chi connectivity index (χ4n) is 3.93. The van der Waals surface area contributed by atoms with Gasteiger partial charge in [-0.15, -0.1) is 0 Å². The molecule has 1 atom stereocenters. The molecule has 4 nitrogen and oxygen atoms in total. The van der Waals surface area contributed by atoms with Crippen molar-refractivity contribution in [3.63, 3.8) is 0 Å². The number of aryl methyl sites for hydroxylation is 1. The molecular formula is C19H26N2O2. The van der Waals surface area contributed by atoms with Gasteiger partial charge in [-0.3, -0.25) is 4.79 Å². The van der Waals surface area contributed by atoms with Gasteiger partial charge in [0.2, 0.25) is 5.91 Å². The van der Waals surface area contributed by atoms with E-state index in [1.165, 1.54) is 16.5 Å². The molecule has 124 valence electrons. The van der Waals surface area contributed by atoms with Gasteiger partial charge in [-0.25, -0.2) is 0 Å². The third kappa shape index (κ3) is 2.55. The van der Waals surface area contributed by atoms with E-state index >= 15 is 0 Å². The number of benzene rings is 1. The third-order valence-corrected chi connectivity index (χ3v) is 5.07. The van der Waals surface area contributed by atoms with Crippen LogP contribution in [0.3, 0.4) is 0 Å². The Morgan fingerprint density at radius 3 is 2.70 bits per heavy atom. The molecule has 0 saturated heterocycles. The molecule has 1 aromatic carbocycles. The normalized spacial score (nSPS) is 20.5. The van der Waals surface area contributed by atoms with E-state index in [4.69, 9.17) is 4.74 Å². The van der Waals surface area contributed by atoms with E-state index in [2.05, 4.69) is 42.7 Å². The van der Waals surface area contributed by atoms with Crippen molar-refractivity contribution in [2.75, 3.05) is 19.7 Å². The topological polar surface area (TPSA) is 34.5 Å². The lowest BCUT2D eigenvalue weighted by Crippen LogP contribution is -2.42. The number of hydrogen-bond donors (Lipinski definition) is 0. The molecule has 0 saturated carbocycles. The molecule has 0 aliphatic carbocycles. The van der Waals surface area contributed by atoms with E-state index in [9.17, 15) is 4.79 Å². The number of rotatable bonds is 4. The highest BCUT2D eigenvalue weighted by atomic mass is 16.5. The van der Waals surface area contributed by atoms with Crippen molar-refractivity contribution in [2.45, 2.75) is 46.3 Å². The Labute approximate surface area is 138 Å². The highest BCUT2D eigenvalue weighted by Crippen LogP contribution is 2.40. The van der Waals surface area contributed by atoms with Gasteiger partial charge in [0.1, 0.15) is 5.60 Å². The van der Waals surface area contributed by atoms with Gasteiger partial charge in [-0.1, -0.05) is 18.2 Å². The number of carbonyl (C=O) groups excluding carboxylic acids is 1. The fraction of sp³-hybridized carbons (Fsp3) is 0.526. The van der Waals surface area contributed by atoms with Crippen LogP contribution < -0.4 is 0 Å². The van der Waals surface area contributed by atoms with Crippen LogP contribution in [0.4, 0.5) is 0 Å². The van der Waals surface area contributed by atoms with Gasteiger partial charge in [0.05, 0.1) is 18.7 Å². The summed E-state index contributed by atoms with van der Waals surface area (Å²) in [6, 6.07) is 8.45. The van der Waals surface area contributed by atoms with Crippen molar-refractivity contribution >= 4 is 16.8 Å². The Balaban J connectivity index is 2.05. The number of hydrogen-bond acceptors (Lipinski definition) is 2. The van der Waals surface area contributed by atoms with Crippen LogP contribution in [0.5, 0.6) is 0 Å². The molecule has 3 rings (SSSR count). The number of aromatic nitrogens is 1. The average molecular weight is 314 g/mol. The van der Waals surface area contributed by atoms with E-state index < -0.39 is 5.60 Å². The molecule has 0 N–H and O–H groups in total. The van der Waals surface area contributed by atoms with Gasteiger partial charge in [-0.05, 0) is 39.3 Å². The number of carbonyl (C=O) groups is 1. The minimum atomic E-state index is -0.555. The van der Waals surface area contributed by atoms with Gasteiger partial charge in [0.15, 0.2) is 0 Å². The lowest BCUT2D eigenvalue weighted by Gasteiger charge is -2.37. The Bertz CT molecular complexity index is 730. The number of ether oxygens (including phenoxy) is 1. The van der Waals surface area contributed by atoms with Crippen molar-refractivity contribution in [1.29, 1.82) is 0 Å². The van der Waals surface area contributed by atoms with Crippen LogP contribution in [0.25, 0.3) is 10.9 Å². The zero-order chi connectivity index (χ0) is 16.6. The number of fused-ring (bicyclic) bond motifs is 3. The third-order valence-electron chi connectivity index (χ3n) is 5.07. The van der Waals surface area contributed by atoms with Gasteiger partial charge >= 0.3 is 0 Å². The first-order valence-electron chi connectivity index (χ1n) is 8.52. The molecular weight excluding hydrogens is 288 g/mol. The van der Waals surface area contributed by atoms with Crippen LogP contribution in [-0.2, 0) is 21.7 Å². The van der Waals surface area contributed by atoms with Crippen LogP contribution >= 0.6 is 0 Å². The second-order valence-corrected chi connectivity index (χ2v) is 6.46.